The number of carbonyl (C=O) groups is 2. The molecular weight excluding hydrogens is 407 g/mol. The number of esters is 1. The van der Waals surface area contributed by atoms with E-state index in [1.54, 1.807) is 30.3 Å². The Hall–Kier alpha value is -2.34. The average molecular weight is 425 g/mol. The first-order chi connectivity index (χ1) is 13.0. The van der Waals surface area contributed by atoms with Crippen LogP contribution in [0.15, 0.2) is 30.3 Å². The maximum atomic E-state index is 12.6. The molecule has 0 N–H and O–H groups in total. The molecular formula is C16H18F3NO7S. The minimum absolute atomic E-state index is 0.0769. The van der Waals surface area contributed by atoms with Crippen molar-refractivity contribution in [2.45, 2.75) is 25.1 Å². The van der Waals surface area contributed by atoms with Gasteiger partial charge in [0.1, 0.15) is 18.6 Å². The van der Waals surface area contributed by atoms with E-state index < -0.39 is 52.8 Å². The summed E-state index contributed by atoms with van der Waals surface area (Å²) >= 11 is 0. The molecule has 2 atom stereocenters. The number of halogens is 3. The summed E-state index contributed by atoms with van der Waals surface area (Å²) in [5.74, 6) is -2.37. The van der Waals surface area contributed by atoms with Crippen molar-refractivity contribution in [3.05, 3.63) is 35.9 Å². The number of hydrogen-bond acceptors (Lipinski definition) is 7. The first kappa shape index (κ1) is 22.0. The lowest BCUT2D eigenvalue weighted by Crippen LogP contribution is -2.37. The zero-order valence-corrected chi connectivity index (χ0v) is 15.5. The summed E-state index contributed by atoms with van der Waals surface area (Å²) in [6.45, 7) is 0.317. The summed E-state index contributed by atoms with van der Waals surface area (Å²) in [4.78, 5) is 25.1. The fourth-order valence-electron chi connectivity index (χ4n) is 2.52. The third-order valence-corrected chi connectivity index (χ3v) is 4.92. The molecule has 0 spiro atoms. The Balaban J connectivity index is 2.09. The molecule has 1 aliphatic rings. The van der Waals surface area contributed by atoms with Gasteiger partial charge >= 0.3 is 27.7 Å². The Morgan fingerprint density at radius 3 is 2.36 bits per heavy atom. The van der Waals surface area contributed by atoms with E-state index in [0.717, 1.165) is 4.90 Å². The van der Waals surface area contributed by atoms with Crippen molar-refractivity contribution < 1.29 is 44.8 Å². The second-order valence-electron chi connectivity index (χ2n) is 5.84. The van der Waals surface area contributed by atoms with E-state index in [1.165, 1.54) is 6.92 Å². The van der Waals surface area contributed by atoms with Crippen LogP contribution in [-0.4, -0.2) is 56.7 Å². The number of ether oxygens (including phenoxy) is 2. The van der Waals surface area contributed by atoms with Gasteiger partial charge in [0, 0.05) is 6.54 Å². The fourth-order valence-corrected chi connectivity index (χ4v) is 3.15. The summed E-state index contributed by atoms with van der Waals surface area (Å²) in [5.41, 5.74) is -4.99. The lowest BCUT2D eigenvalue weighted by Gasteiger charge is -2.18. The molecule has 1 aromatic carbocycles. The first-order valence-electron chi connectivity index (χ1n) is 8.17. The molecule has 0 aromatic heterocycles. The molecule has 2 unspecified atom stereocenters. The number of nitrogens with zero attached hydrogens (tertiary/aromatic N) is 1. The van der Waals surface area contributed by atoms with Gasteiger partial charge in [-0.25, -0.2) is 4.79 Å². The maximum absolute atomic E-state index is 12.6. The lowest BCUT2D eigenvalue weighted by atomic mass is 10.1. The number of likely N-dealkylation sites (tertiary alicyclic amines) is 1. The van der Waals surface area contributed by atoms with E-state index >= 15 is 0 Å². The Kier molecular flexibility index (Phi) is 6.88. The van der Waals surface area contributed by atoms with E-state index in [9.17, 15) is 31.2 Å². The van der Waals surface area contributed by atoms with Crippen LogP contribution in [-0.2, 0) is 35.2 Å². The van der Waals surface area contributed by atoms with Crippen LogP contribution >= 0.6 is 0 Å². The third kappa shape index (κ3) is 5.35. The molecule has 1 aliphatic heterocycles. The van der Waals surface area contributed by atoms with Gasteiger partial charge in [0.2, 0.25) is 0 Å². The Morgan fingerprint density at radius 1 is 1.14 bits per heavy atom. The summed E-state index contributed by atoms with van der Waals surface area (Å²) < 4.78 is 74.3. The van der Waals surface area contributed by atoms with E-state index in [2.05, 4.69) is 4.18 Å². The van der Waals surface area contributed by atoms with Crippen LogP contribution in [0.5, 0.6) is 0 Å². The minimum Gasteiger partial charge on any atom is -0.466 e. The molecule has 1 fully saturated rings. The van der Waals surface area contributed by atoms with Crippen molar-refractivity contribution in [2.75, 3.05) is 19.7 Å². The predicted octanol–water partition coefficient (Wildman–Crippen LogP) is 2.05. The molecule has 0 aliphatic carbocycles. The summed E-state index contributed by atoms with van der Waals surface area (Å²) in [5, 5.41) is 0. The summed E-state index contributed by atoms with van der Waals surface area (Å²) in [6, 6.07) is 8.60. The number of amides is 1. The first-order valence-corrected chi connectivity index (χ1v) is 9.57. The minimum atomic E-state index is -5.95. The van der Waals surface area contributed by atoms with Gasteiger partial charge in [-0.1, -0.05) is 30.3 Å². The highest BCUT2D eigenvalue weighted by Gasteiger charge is 2.52. The van der Waals surface area contributed by atoms with Crippen LogP contribution < -0.4 is 0 Å². The number of carbonyl (C=O) groups excluding carboxylic acids is 2. The van der Waals surface area contributed by atoms with E-state index in [1.807, 2.05) is 0 Å². The highest BCUT2D eigenvalue weighted by molar-refractivity contribution is 7.87. The van der Waals surface area contributed by atoms with Gasteiger partial charge in [-0.2, -0.15) is 21.6 Å². The molecule has 8 nitrogen and oxygen atoms in total. The van der Waals surface area contributed by atoms with Crippen LogP contribution in [0.1, 0.15) is 12.5 Å². The van der Waals surface area contributed by atoms with Gasteiger partial charge in [-0.3, -0.25) is 8.98 Å². The topological polar surface area (TPSA) is 99.2 Å². The van der Waals surface area contributed by atoms with Gasteiger partial charge < -0.3 is 14.4 Å². The van der Waals surface area contributed by atoms with E-state index in [4.69, 9.17) is 9.47 Å². The average Bonchev–Trinajstić information content (AvgIpc) is 3.03. The van der Waals surface area contributed by atoms with Crippen molar-refractivity contribution in [1.82, 2.24) is 4.90 Å². The standard InChI is InChI=1S/C16H18F3NO7S/c1-2-25-14(21)12-8-20(9-13(12)27-28(23,24)16(17,18)19)15(22)26-10-11-6-4-3-5-7-11/h3-7,12-13H,2,8-10H2,1H3. The SMILES string of the molecule is CCOC(=O)C1CN(C(=O)OCc2ccccc2)CC1OS(=O)(=O)C(F)(F)F. The Morgan fingerprint density at radius 2 is 1.79 bits per heavy atom. The van der Waals surface area contributed by atoms with Crippen molar-refractivity contribution in [3.63, 3.8) is 0 Å². The van der Waals surface area contributed by atoms with Crippen LogP contribution in [0.2, 0.25) is 0 Å². The lowest BCUT2D eigenvalue weighted by molar-refractivity contribution is -0.150. The van der Waals surface area contributed by atoms with Gasteiger partial charge in [0.15, 0.2) is 0 Å². The van der Waals surface area contributed by atoms with Crippen LogP contribution in [0.4, 0.5) is 18.0 Å². The van der Waals surface area contributed by atoms with E-state index in [0.29, 0.717) is 5.56 Å². The Labute approximate surface area is 159 Å². The molecule has 0 saturated carbocycles. The largest absolute Gasteiger partial charge is 0.523 e. The van der Waals surface area contributed by atoms with Crippen molar-refractivity contribution >= 4 is 22.2 Å². The molecule has 0 radical (unpaired) electrons. The van der Waals surface area contributed by atoms with E-state index in [-0.39, 0.29) is 13.2 Å². The molecule has 156 valence electrons. The number of benzene rings is 1. The molecule has 2 rings (SSSR count). The number of hydrogen-bond donors (Lipinski definition) is 0. The fraction of sp³-hybridized carbons (Fsp3) is 0.500. The quantitative estimate of drug-likeness (QED) is 0.391. The van der Waals surface area contributed by atoms with Gasteiger partial charge in [0.25, 0.3) is 0 Å². The molecule has 1 heterocycles. The normalized spacial score (nSPS) is 20.1. The molecule has 12 heteroatoms. The highest BCUT2D eigenvalue weighted by Crippen LogP contribution is 2.30. The second-order valence-corrected chi connectivity index (χ2v) is 7.40. The van der Waals surface area contributed by atoms with Crippen LogP contribution in [0.25, 0.3) is 0 Å². The van der Waals surface area contributed by atoms with Crippen molar-refractivity contribution in [3.8, 4) is 0 Å². The van der Waals surface area contributed by atoms with Crippen LogP contribution in [0.3, 0.4) is 0 Å². The number of alkyl halides is 3. The predicted molar refractivity (Wildman–Crippen MR) is 88.2 cm³/mol. The van der Waals surface area contributed by atoms with Gasteiger partial charge in [0.05, 0.1) is 13.2 Å². The molecule has 1 saturated heterocycles. The molecule has 0 bridgehead atoms. The zero-order valence-electron chi connectivity index (χ0n) is 14.7. The Bertz CT molecular complexity index is 798. The van der Waals surface area contributed by atoms with Crippen LogP contribution in [0, 0.1) is 5.92 Å². The molecule has 1 aromatic rings. The second kappa shape index (κ2) is 8.78. The maximum Gasteiger partial charge on any atom is 0.523 e. The van der Waals surface area contributed by atoms with Crippen molar-refractivity contribution in [2.24, 2.45) is 5.92 Å². The molecule has 1 amide bonds. The highest BCUT2D eigenvalue weighted by atomic mass is 32.2. The summed E-state index contributed by atoms with van der Waals surface area (Å²) in [7, 11) is -5.95. The van der Waals surface area contributed by atoms with Gasteiger partial charge in [-0.05, 0) is 12.5 Å². The zero-order chi connectivity index (χ0) is 20.9. The third-order valence-electron chi connectivity index (χ3n) is 3.85. The number of rotatable bonds is 6. The smallest absolute Gasteiger partial charge is 0.466 e. The van der Waals surface area contributed by atoms with Gasteiger partial charge in [-0.15, -0.1) is 0 Å². The molecule has 28 heavy (non-hydrogen) atoms. The monoisotopic (exact) mass is 425 g/mol. The van der Waals surface area contributed by atoms with Crippen molar-refractivity contribution in [1.29, 1.82) is 0 Å². The summed E-state index contributed by atoms with van der Waals surface area (Å²) in [6.07, 6.45) is -2.66.